The Labute approximate surface area is 136 Å². The lowest BCUT2D eigenvalue weighted by molar-refractivity contribution is 0.0469. The minimum Gasteiger partial charge on any atom is -0.444 e. The molecule has 1 aliphatic heterocycles. The fourth-order valence-electron chi connectivity index (χ4n) is 2.74. The number of hydrogen-bond donors (Lipinski definition) is 2. The zero-order valence-electron chi connectivity index (χ0n) is 15.5. The predicted octanol–water partition coefficient (Wildman–Crippen LogP) is 2.61. The van der Waals surface area contributed by atoms with Crippen molar-refractivity contribution in [1.82, 2.24) is 15.5 Å². The topological polar surface area (TPSA) is 53.6 Å². The van der Waals surface area contributed by atoms with Crippen LogP contribution >= 0.6 is 0 Å². The molecule has 22 heavy (non-hydrogen) atoms. The van der Waals surface area contributed by atoms with Crippen molar-refractivity contribution in [3.8, 4) is 0 Å². The highest BCUT2D eigenvalue weighted by Crippen LogP contribution is 2.20. The normalized spacial score (nSPS) is 19.8. The largest absolute Gasteiger partial charge is 0.444 e. The third kappa shape index (κ3) is 7.45. The summed E-state index contributed by atoms with van der Waals surface area (Å²) < 4.78 is 5.33. The van der Waals surface area contributed by atoms with Gasteiger partial charge < -0.3 is 20.3 Å². The number of likely N-dealkylation sites (tertiary alicyclic amines) is 1. The summed E-state index contributed by atoms with van der Waals surface area (Å²) in [5.41, 5.74) is -0.795. The van der Waals surface area contributed by atoms with E-state index in [1.807, 2.05) is 34.6 Å². The van der Waals surface area contributed by atoms with Gasteiger partial charge in [-0.3, -0.25) is 0 Å². The Morgan fingerprint density at radius 3 is 2.27 bits per heavy atom. The van der Waals surface area contributed by atoms with E-state index in [2.05, 4.69) is 29.5 Å². The summed E-state index contributed by atoms with van der Waals surface area (Å²) in [5.74, 6) is 0.716. The van der Waals surface area contributed by atoms with Crippen molar-refractivity contribution < 1.29 is 9.53 Å². The number of carbonyl (C=O) groups is 1. The summed E-state index contributed by atoms with van der Waals surface area (Å²) >= 11 is 0. The maximum atomic E-state index is 11.9. The Morgan fingerprint density at radius 1 is 1.23 bits per heavy atom. The second kappa shape index (κ2) is 7.64. The zero-order chi connectivity index (χ0) is 17.0. The van der Waals surface area contributed by atoms with E-state index in [0.29, 0.717) is 12.0 Å². The number of alkyl carbamates (subject to hydrolysis) is 1. The van der Waals surface area contributed by atoms with Crippen LogP contribution in [-0.4, -0.2) is 54.9 Å². The van der Waals surface area contributed by atoms with Crippen LogP contribution < -0.4 is 10.6 Å². The van der Waals surface area contributed by atoms with Crippen LogP contribution in [0.25, 0.3) is 0 Å². The van der Waals surface area contributed by atoms with Crippen molar-refractivity contribution in [2.75, 3.05) is 26.7 Å². The Morgan fingerprint density at radius 2 is 1.77 bits per heavy atom. The van der Waals surface area contributed by atoms with E-state index in [9.17, 15) is 4.79 Å². The van der Waals surface area contributed by atoms with Crippen LogP contribution in [0.4, 0.5) is 4.79 Å². The predicted molar refractivity (Wildman–Crippen MR) is 91.1 cm³/mol. The quantitative estimate of drug-likeness (QED) is 0.819. The van der Waals surface area contributed by atoms with Crippen LogP contribution in [0, 0.1) is 5.92 Å². The molecule has 0 radical (unpaired) electrons. The van der Waals surface area contributed by atoms with Crippen molar-refractivity contribution in [1.29, 1.82) is 0 Å². The average Bonchev–Trinajstić information content (AvgIpc) is 2.33. The molecule has 1 unspecified atom stereocenters. The van der Waals surface area contributed by atoms with Gasteiger partial charge in [-0.1, -0.05) is 0 Å². The van der Waals surface area contributed by atoms with E-state index in [1.54, 1.807) is 0 Å². The summed E-state index contributed by atoms with van der Waals surface area (Å²) in [5, 5.41) is 6.53. The van der Waals surface area contributed by atoms with Gasteiger partial charge in [0.1, 0.15) is 5.60 Å². The molecule has 130 valence electrons. The van der Waals surface area contributed by atoms with Crippen molar-refractivity contribution in [3.05, 3.63) is 0 Å². The Balaban J connectivity index is 2.36. The fraction of sp³-hybridized carbons (Fsp3) is 0.941. The second-order valence-electron chi connectivity index (χ2n) is 8.32. The molecule has 0 aliphatic carbocycles. The van der Waals surface area contributed by atoms with Gasteiger partial charge in [-0.2, -0.15) is 0 Å². The van der Waals surface area contributed by atoms with Gasteiger partial charge in [0.25, 0.3) is 0 Å². The number of hydrogen-bond acceptors (Lipinski definition) is 4. The summed E-state index contributed by atoms with van der Waals surface area (Å²) in [6.45, 7) is 15.0. The Kier molecular flexibility index (Phi) is 6.68. The number of amides is 1. The molecule has 1 rings (SSSR count). The van der Waals surface area contributed by atoms with Crippen LogP contribution in [0.15, 0.2) is 0 Å². The molecule has 0 aromatic carbocycles. The average molecular weight is 313 g/mol. The van der Waals surface area contributed by atoms with Gasteiger partial charge in [0.2, 0.25) is 0 Å². The van der Waals surface area contributed by atoms with Crippen molar-refractivity contribution in [2.45, 2.75) is 71.6 Å². The van der Waals surface area contributed by atoms with Crippen LogP contribution in [0.2, 0.25) is 0 Å². The van der Waals surface area contributed by atoms with Crippen molar-refractivity contribution in [3.63, 3.8) is 0 Å². The lowest BCUT2D eigenvalue weighted by Crippen LogP contribution is -2.54. The molecule has 1 fully saturated rings. The van der Waals surface area contributed by atoms with Gasteiger partial charge in [-0.05, 0) is 80.4 Å². The highest BCUT2D eigenvalue weighted by molar-refractivity contribution is 5.68. The molecule has 1 atom stereocenters. The third-order valence-electron chi connectivity index (χ3n) is 4.18. The summed E-state index contributed by atoms with van der Waals surface area (Å²) in [7, 11) is 2.18. The second-order valence-corrected chi connectivity index (χ2v) is 8.32. The summed E-state index contributed by atoms with van der Waals surface area (Å²) in [6.07, 6.45) is 2.13. The zero-order valence-corrected chi connectivity index (χ0v) is 15.5. The molecule has 0 saturated carbocycles. The van der Waals surface area contributed by atoms with Crippen molar-refractivity contribution in [2.24, 2.45) is 5.92 Å². The minimum atomic E-state index is -0.463. The molecule has 2 N–H and O–H groups in total. The van der Waals surface area contributed by atoms with E-state index in [1.165, 1.54) is 25.9 Å². The highest BCUT2D eigenvalue weighted by Gasteiger charge is 2.27. The number of nitrogens with zero attached hydrogens (tertiary/aromatic N) is 1. The molecule has 0 aromatic heterocycles. The summed E-state index contributed by atoms with van der Waals surface area (Å²) in [6, 6.07) is 0.466. The van der Waals surface area contributed by atoms with Crippen LogP contribution in [-0.2, 0) is 4.74 Å². The molecular weight excluding hydrogens is 278 g/mol. The van der Waals surface area contributed by atoms with E-state index < -0.39 is 5.60 Å². The monoisotopic (exact) mass is 313 g/mol. The SMILES string of the molecule is CC(NCC(C)(C)NC(=O)OC(C)(C)C)C1CCN(C)CC1. The molecule has 0 spiro atoms. The molecule has 5 heteroatoms. The molecule has 1 saturated heterocycles. The Bertz CT molecular complexity index is 355. The molecule has 5 nitrogen and oxygen atoms in total. The smallest absolute Gasteiger partial charge is 0.408 e. The first-order valence-electron chi connectivity index (χ1n) is 8.42. The molecule has 1 heterocycles. The standard InChI is InChI=1S/C17H35N3O2/c1-13(14-8-10-20(7)11-9-14)18-12-17(5,6)19-15(21)22-16(2,3)4/h13-14,18H,8-12H2,1-7H3,(H,19,21). The van der Waals surface area contributed by atoms with Gasteiger partial charge in [0, 0.05) is 12.6 Å². The maximum Gasteiger partial charge on any atom is 0.408 e. The molecule has 0 bridgehead atoms. The maximum absolute atomic E-state index is 11.9. The number of nitrogens with one attached hydrogen (secondary N) is 2. The van der Waals surface area contributed by atoms with Gasteiger partial charge >= 0.3 is 6.09 Å². The first-order chi connectivity index (χ1) is 9.98. The highest BCUT2D eigenvalue weighted by atomic mass is 16.6. The number of rotatable bonds is 5. The van der Waals surface area contributed by atoms with Crippen LogP contribution in [0.1, 0.15) is 54.4 Å². The fourth-order valence-corrected chi connectivity index (χ4v) is 2.74. The van der Waals surface area contributed by atoms with Gasteiger partial charge in [-0.15, -0.1) is 0 Å². The number of ether oxygens (including phenoxy) is 1. The van der Waals surface area contributed by atoms with Crippen molar-refractivity contribution >= 4 is 6.09 Å². The molecule has 0 aromatic rings. The van der Waals surface area contributed by atoms with E-state index in [-0.39, 0.29) is 11.6 Å². The minimum absolute atomic E-state index is 0.331. The summed E-state index contributed by atoms with van der Waals surface area (Å²) in [4.78, 5) is 14.3. The first kappa shape index (κ1) is 19.2. The van der Waals surface area contributed by atoms with E-state index >= 15 is 0 Å². The molecular formula is C17H35N3O2. The number of piperidine rings is 1. The first-order valence-corrected chi connectivity index (χ1v) is 8.42. The lowest BCUT2D eigenvalue weighted by atomic mass is 9.90. The van der Waals surface area contributed by atoms with Crippen LogP contribution in [0.5, 0.6) is 0 Å². The van der Waals surface area contributed by atoms with Gasteiger partial charge in [-0.25, -0.2) is 4.79 Å². The molecule has 1 amide bonds. The van der Waals surface area contributed by atoms with Gasteiger partial charge in [0.15, 0.2) is 0 Å². The van der Waals surface area contributed by atoms with E-state index in [4.69, 9.17) is 4.74 Å². The lowest BCUT2D eigenvalue weighted by Gasteiger charge is -2.35. The van der Waals surface area contributed by atoms with Crippen LogP contribution in [0.3, 0.4) is 0 Å². The van der Waals surface area contributed by atoms with E-state index in [0.717, 1.165) is 6.54 Å². The third-order valence-corrected chi connectivity index (χ3v) is 4.18. The molecule has 1 aliphatic rings. The van der Waals surface area contributed by atoms with Gasteiger partial charge in [0.05, 0.1) is 5.54 Å². The Hall–Kier alpha value is -0.810. The number of carbonyl (C=O) groups excluding carboxylic acids is 1.